The van der Waals surface area contributed by atoms with Crippen molar-refractivity contribution in [2.45, 2.75) is 44.8 Å². The van der Waals surface area contributed by atoms with Gasteiger partial charge in [0.1, 0.15) is 5.60 Å². The van der Waals surface area contributed by atoms with E-state index in [-0.39, 0.29) is 6.42 Å². The second kappa shape index (κ2) is 4.99. The van der Waals surface area contributed by atoms with Crippen molar-refractivity contribution in [1.29, 1.82) is 0 Å². The van der Waals surface area contributed by atoms with E-state index in [9.17, 15) is 13.6 Å². The SMILES string of the molecule is CN(C)[C@H]1CCN(C(=O)OC(C)(C)C)CC1(F)F. The summed E-state index contributed by atoms with van der Waals surface area (Å²) in [5.74, 6) is -2.90. The number of carbonyl (C=O) groups is 1. The second-order valence-corrected chi connectivity index (χ2v) is 5.93. The van der Waals surface area contributed by atoms with Gasteiger partial charge in [0, 0.05) is 6.54 Å². The van der Waals surface area contributed by atoms with Gasteiger partial charge in [0.2, 0.25) is 0 Å². The van der Waals surface area contributed by atoms with Gasteiger partial charge in [-0.15, -0.1) is 0 Å². The van der Waals surface area contributed by atoms with Gasteiger partial charge in [-0.25, -0.2) is 13.6 Å². The topological polar surface area (TPSA) is 32.8 Å². The summed E-state index contributed by atoms with van der Waals surface area (Å²) in [7, 11) is 3.25. The minimum atomic E-state index is -2.90. The maximum absolute atomic E-state index is 13.9. The van der Waals surface area contributed by atoms with Gasteiger partial charge in [-0.2, -0.15) is 0 Å². The van der Waals surface area contributed by atoms with Crippen molar-refractivity contribution >= 4 is 6.09 Å². The van der Waals surface area contributed by atoms with Crippen LogP contribution in [0.3, 0.4) is 0 Å². The molecule has 1 atom stereocenters. The lowest BCUT2D eigenvalue weighted by Crippen LogP contribution is -2.58. The molecule has 1 heterocycles. The Morgan fingerprint density at radius 2 is 1.94 bits per heavy atom. The zero-order chi connectivity index (χ0) is 14.1. The smallest absolute Gasteiger partial charge is 0.410 e. The molecule has 0 unspecified atom stereocenters. The fraction of sp³-hybridized carbons (Fsp3) is 0.917. The number of nitrogens with zero attached hydrogens (tertiary/aromatic N) is 2. The van der Waals surface area contributed by atoms with Crippen molar-refractivity contribution in [3.63, 3.8) is 0 Å². The summed E-state index contributed by atoms with van der Waals surface area (Å²) in [6, 6.07) is -0.823. The Balaban J connectivity index is 2.66. The normalized spacial score (nSPS) is 24.2. The molecule has 0 N–H and O–H groups in total. The molecule has 0 spiro atoms. The fourth-order valence-corrected chi connectivity index (χ4v) is 2.05. The van der Waals surface area contributed by atoms with Crippen LogP contribution in [0, 0.1) is 0 Å². The molecule has 6 heteroatoms. The Bertz CT molecular complexity index is 314. The standard InChI is InChI=1S/C12H22F2N2O2/c1-11(2,3)18-10(17)16-7-6-9(15(4)5)12(13,14)8-16/h9H,6-8H2,1-5H3/t9-/m0/s1. The van der Waals surface area contributed by atoms with Gasteiger partial charge in [0.15, 0.2) is 0 Å². The number of hydrogen-bond donors (Lipinski definition) is 0. The van der Waals surface area contributed by atoms with Crippen LogP contribution in [0.1, 0.15) is 27.2 Å². The zero-order valence-corrected chi connectivity index (χ0v) is 11.7. The lowest BCUT2D eigenvalue weighted by molar-refractivity contribution is -0.116. The highest BCUT2D eigenvalue weighted by molar-refractivity contribution is 5.68. The Morgan fingerprint density at radius 3 is 2.33 bits per heavy atom. The molecule has 1 fully saturated rings. The molecule has 4 nitrogen and oxygen atoms in total. The second-order valence-electron chi connectivity index (χ2n) is 5.93. The molecule has 0 aromatic heterocycles. The predicted molar refractivity (Wildman–Crippen MR) is 64.8 cm³/mol. The number of amides is 1. The molecule has 1 aliphatic rings. The number of carbonyl (C=O) groups excluding carboxylic acids is 1. The minimum Gasteiger partial charge on any atom is -0.444 e. The van der Waals surface area contributed by atoms with Gasteiger partial charge in [0.25, 0.3) is 5.92 Å². The van der Waals surface area contributed by atoms with Crippen LogP contribution in [0.25, 0.3) is 0 Å². The number of halogens is 2. The average molecular weight is 264 g/mol. The molecule has 1 rings (SSSR count). The van der Waals surface area contributed by atoms with E-state index in [2.05, 4.69) is 0 Å². The van der Waals surface area contributed by atoms with Crippen LogP contribution in [-0.4, -0.2) is 60.6 Å². The maximum atomic E-state index is 13.9. The van der Waals surface area contributed by atoms with Crippen molar-refractivity contribution in [2.75, 3.05) is 27.2 Å². The van der Waals surface area contributed by atoms with Crippen molar-refractivity contribution in [3.05, 3.63) is 0 Å². The van der Waals surface area contributed by atoms with Crippen LogP contribution >= 0.6 is 0 Å². The number of piperidine rings is 1. The number of alkyl halides is 2. The lowest BCUT2D eigenvalue weighted by Gasteiger charge is -2.41. The van der Waals surface area contributed by atoms with Gasteiger partial charge >= 0.3 is 6.09 Å². The zero-order valence-electron chi connectivity index (χ0n) is 11.7. The monoisotopic (exact) mass is 264 g/mol. The van der Waals surface area contributed by atoms with Crippen LogP contribution in [0.15, 0.2) is 0 Å². The summed E-state index contributed by atoms with van der Waals surface area (Å²) in [5, 5.41) is 0. The lowest BCUT2D eigenvalue weighted by atomic mass is 10.0. The third kappa shape index (κ3) is 3.80. The molecule has 1 amide bonds. The van der Waals surface area contributed by atoms with Gasteiger partial charge in [-0.3, -0.25) is 0 Å². The quantitative estimate of drug-likeness (QED) is 0.728. The largest absolute Gasteiger partial charge is 0.444 e. The number of rotatable bonds is 1. The van der Waals surface area contributed by atoms with Gasteiger partial charge in [-0.05, 0) is 41.3 Å². The highest BCUT2D eigenvalue weighted by Crippen LogP contribution is 2.30. The molecule has 0 aromatic carbocycles. The highest BCUT2D eigenvalue weighted by atomic mass is 19.3. The van der Waals surface area contributed by atoms with E-state index in [4.69, 9.17) is 4.74 Å². The third-order valence-corrected chi connectivity index (χ3v) is 2.84. The molecule has 0 saturated carbocycles. The molecule has 106 valence electrons. The molecule has 1 aliphatic heterocycles. The van der Waals surface area contributed by atoms with Crippen LogP contribution in [0.5, 0.6) is 0 Å². The first-order valence-electron chi connectivity index (χ1n) is 6.05. The van der Waals surface area contributed by atoms with Gasteiger partial charge in [-0.1, -0.05) is 0 Å². The molecule has 1 saturated heterocycles. The summed E-state index contributed by atoms with van der Waals surface area (Å²) in [5.41, 5.74) is -0.662. The van der Waals surface area contributed by atoms with E-state index in [1.807, 2.05) is 0 Å². The molecule has 0 aromatic rings. The Morgan fingerprint density at radius 1 is 1.39 bits per heavy atom. The molecule has 0 radical (unpaired) electrons. The highest BCUT2D eigenvalue weighted by Gasteiger charge is 2.47. The van der Waals surface area contributed by atoms with E-state index in [1.54, 1.807) is 34.9 Å². The third-order valence-electron chi connectivity index (χ3n) is 2.84. The van der Waals surface area contributed by atoms with Gasteiger partial charge in [0.05, 0.1) is 12.6 Å². The van der Waals surface area contributed by atoms with Crippen LogP contribution in [-0.2, 0) is 4.74 Å². The Hall–Kier alpha value is -0.910. The predicted octanol–water partition coefficient (Wildman–Crippen LogP) is 2.19. The van der Waals surface area contributed by atoms with E-state index in [0.29, 0.717) is 6.54 Å². The average Bonchev–Trinajstić information content (AvgIpc) is 2.12. The summed E-state index contributed by atoms with van der Waals surface area (Å²) < 4.78 is 32.8. The summed E-state index contributed by atoms with van der Waals surface area (Å²) in [6.45, 7) is 4.87. The first kappa shape index (κ1) is 15.1. The van der Waals surface area contributed by atoms with Crippen molar-refractivity contribution in [2.24, 2.45) is 0 Å². The molecular formula is C12H22F2N2O2. The van der Waals surface area contributed by atoms with Gasteiger partial charge < -0.3 is 14.5 Å². The summed E-state index contributed by atoms with van der Waals surface area (Å²) in [4.78, 5) is 14.3. The number of hydrogen-bond acceptors (Lipinski definition) is 3. The van der Waals surface area contributed by atoms with Crippen molar-refractivity contribution in [1.82, 2.24) is 9.80 Å². The van der Waals surface area contributed by atoms with Crippen LogP contribution < -0.4 is 0 Å². The molecule has 0 aliphatic carbocycles. The number of ether oxygens (including phenoxy) is 1. The van der Waals surface area contributed by atoms with Crippen molar-refractivity contribution < 1.29 is 18.3 Å². The summed E-state index contributed by atoms with van der Waals surface area (Å²) in [6.07, 6.45) is -0.418. The van der Waals surface area contributed by atoms with Crippen LogP contribution in [0.2, 0.25) is 0 Å². The Labute approximate surface area is 107 Å². The van der Waals surface area contributed by atoms with Crippen molar-refractivity contribution in [3.8, 4) is 0 Å². The van der Waals surface area contributed by atoms with Crippen LogP contribution in [0.4, 0.5) is 13.6 Å². The number of likely N-dealkylation sites (tertiary alicyclic amines) is 1. The fourth-order valence-electron chi connectivity index (χ4n) is 2.05. The Kier molecular flexibility index (Phi) is 4.20. The first-order chi connectivity index (χ1) is 8.03. The molecule has 18 heavy (non-hydrogen) atoms. The molecular weight excluding hydrogens is 242 g/mol. The van der Waals surface area contributed by atoms with E-state index in [1.165, 1.54) is 4.90 Å². The summed E-state index contributed by atoms with van der Waals surface area (Å²) >= 11 is 0. The minimum absolute atomic E-state index is 0.249. The van der Waals surface area contributed by atoms with E-state index >= 15 is 0 Å². The van der Waals surface area contributed by atoms with E-state index < -0.39 is 30.2 Å². The first-order valence-corrected chi connectivity index (χ1v) is 6.05. The maximum Gasteiger partial charge on any atom is 0.410 e. The van der Waals surface area contributed by atoms with E-state index in [0.717, 1.165) is 4.90 Å². The molecule has 0 bridgehead atoms.